The number of amides is 1. The first kappa shape index (κ1) is 18.4. The molecule has 0 unspecified atom stereocenters. The molecule has 4 nitrogen and oxygen atoms in total. The van der Waals surface area contributed by atoms with E-state index in [2.05, 4.69) is 15.9 Å². The Kier molecular flexibility index (Phi) is 6.25. The van der Waals surface area contributed by atoms with E-state index < -0.39 is 9.84 Å². The van der Waals surface area contributed by atoms with Crippen molar-refractivity contribution < 1.29 is 13.2 Å². The molecule has 2 rings (SSSR count). The van der Waals surface area contributed by atoms with Gasteiger partial charge in [-0.15, -0.1) is 11.3 Å². The smallest absolute Gasteiger partial charge is 0.223 e. The van der Waals surface area contributed by atoms with E-state index in [1.807, 2.05) is 11.4 Å². The average molecular weight is 437 g/mol. The maximum absolute atomic E-state index is 12.2. The molecular formula is C15H15BrClNO3S2. The first-order valence-electron chi connectivity index (χ1n) is 6.73. The molecule has 0 fully saturated rings. The summed E-state index contributed by atoms with van der Waals surface area (Å²) in [5.41, 5.74) is 0. The van der Waals surface area contributed by atoms with E-state index in [0.29, 0.717) is 11.6 Å². The summed E-state index contributed by atoms with van der Waals surface area (Å²) in [6.07, 6.45) is -0.0476. The molecule has 0 radical (unpaired) electrons. The zero-order valence-corrected chi connectivity index (χ0v) is 16.3. The fourth-order valence-corrected chi connectivity index (χ4v) is 4.79. The Morgan fingerprint density at radius 1 is 1.30 bits per heavy atom. The normalized spacial score (nSPS) is 11.4. The third kappa shape index (κ3) is 5.31. The van der Waals surface area contributed by atoms with Crippen molar-refractivity contribution in [2.24, 2.45) is 0 Å². The van der Waals surface area contributed by atoms with Crippen LogP contribution in [0.4, 0.5) is 0 Å². The van der Waals surface area contributed by atoms with Crippen LogP contribution in [0.2, 0.25) is 5.02 Å². The summed E-state index contributed by atoms with van der Waals surface area (Å²) in [5, 5.41) is 2.42. The van der Waals surface area contributed by atoms with Crippen LogP contribution in [0, 0.1) is 0 Å². The van der Waals surface area contributed by atoms with E-state index in [1.54, 1.807) is 18.4 Å². The van der Waals surface area contributed by atoms with Gasteiger partial charge >= 0.3 is 0 Å². The lowest BCUT2D eigenvalue weighted by molar-refractivity contribution is -0.129. The Morgan fingerprint density at radius 3 is 2.52 bits per heavy atom. The molecule has 0 bridgehead atoms. The van der Waals surface area contributed by atoms with Crippen LogP contribution in [0.5, 0.6) is 0 Å². The van der Waals surface area contributed by atoms with Gasteiger partial charge in [-0.25, -0.2) is 8.42 Å². The average Bonchev–Trinajstić information content (AvgIpc) is 2.90. The Balaban J connectivity index is 1.93. The Morgan fingerprint density at radius 2 is 1.96 bits per heavy atom. The van der Waals surface area contributed by atoms with E-state index in [1.165, 1.54) is 29.2 Å². The summed E-state index contributed by atoms with van der Waals surface area (Å²) < 4.78 is 25.4. The van der Waals surface area contributed by atoms with Gasteiger partial charge in [-0.05, 0) is 46.3 Å². The highest BCUT2D eigenvalue weighted by Crippen LogP contribution is 2.21. The molecular weight excluding hydrogens is 422 g/mol. The number of carbonyl (C=O) groups is 1. The van der Waals surface area contributed by atoms with Gasteiger partial charge in [0.2, 0.25) is 5.91 Å². The molecule has 1 aromatic carbocycles. The standard InChI is InChI=1S/C15H15BrClNO3S2/c1-18(9-13-8-11(16)10-22-13)15(19)6-7-23(20,21)14-4-2-12(17)3-5-14/h2-5,8,10H,6-7,9H2,1H3. The molecule has 8 heteroatoms. The molecule has 0 atom stereocenters. The number of nitrogens with zero attached hydrogens (tertiary/aromatic N) is 1. The van der Waals surface area contributed by atoms with Crippen LogP contribution in [0.25, 0.3) is 0 Å². The van der Waals surface area contributed by atoms with Crippen molar-refractivity contribution in [3.05, 3.63) is 50.1 Å². The molecule has 0 aliphatic carbocycles. The minimum absolute atomic E-state index is 0.0476. The van der Waals surface area contributed by atoms with Crippen molar-refractivity contribution in [3.8, 4) is 0 Å². The summed E-state index contributed by atoms with van der Waals surface area (Å²) in [4.78, 5) is 14.9. The second kappa shape index (κ2) is 7.79. The van der Waals surface area contributed by atoms with E-state index >= 15 is 0 Å². The summed E-state index contributed by atoms with van der Waals surface area (Å²) >= 11 is 10.7. The van der Waals surface area contributed by atoms with Crippen molar-refractivity contribution in [2.75, 3.05) is 12.8 Å². The largest absolute Gasteiger partial charge is 0.341 e. The molecule has 23 heavy (non-hydrogen) atoms. The van der Waals surface area contributed by atoms with Crippen LogP contribution in [-0.2, 0) is 21.2 Å². The van der Waals surface area contributed by atoms with Crippen LogP contribution in [0.3, 0.4) is 0 Å². The van der Waals surface area contributed by atoms with Crippen LogP contribution in [-0.4, -0.2) is 32.0 Å². The Hall–Kier alpha value is -0.890. The number of rotatable bonds is 6. The minimum Gasteiger partial charge on any atom is -0.341 e. The third-order valence-corrected chi connectivity index (χ3v) is 6.86. The molecule has 0 saturated heterocycles. The van der Waals surface area contributed by atoms with Crippen LogP contribution >= 0.6 is 38.9 Å². The highest BCUT2D eigenvalue weighted by Gasteiger charge is 2.18. The van der Waals surface area contributed by atoms with Crippen molar-refractivity contribution in [1.29, 1.82) is 0 Å². The molecule has 0 N–H and O–H groups in total. The van der Waals surface area contributed by atoms with E-state index in [0.717, 1.165) is 9.35 Å². The van der Waals surface area contributed by atoms with E-state index in [-0.39, 0.29) is 23.0 Å². The van der Waals surface area contributed by atoms with Crippen molar-refractivity contribution >= 4 is 54.6 Å². The van der Waals surface area contributed by atoms with Gasteiger partial charge < -0.3 is 4.90 Å². The third-order valence-electron chi connectivity index (χ3n) is 3.20. The fraction of sp³-hybridized carbons (Fsp3) is 0.267. The fourth-order valence-electron chi connectivity index (χ4n) is 1.93. The number of hydrogen-bond donors (Lipinski definition) is 0. The number of carbonyl (C=O) groups excluding carboxylic acids is 1. The molecule has 124 valence electrons. The first-order chi connectivity index (χ1) is 10.8. The monoisotopic (exact) mass is 435 g/mol. The number of thiophene rings is 1. The molecule has 2 aromatic rings. The lowest BCUT2D eigenvalue weighted by atomic mass is 10.3. The van der Waals surface area contributed by atoms with Gasteiger partial charge in [0.1, 0.15) is 0 Å². The van der Waals surface area contributed by atoms with Gasteiger partial charge in [0, 0.05) is 33.2 Å². The number of sulfone groups is 1. The number of benzene rings is 1. The molecule has 0 aliphatic rings. The molecule has 1 amide bonds. The zero-order chi connectivity index (χ0) is 17.0. The Bertz CT molecular complexity index is 787. The molecule has 0 saturated carbocycles. The van der Waals surface area contributed by atoms with Gasteiger partial charge in [0.05, 0.1) is 17.2 Å². The summed E-state index contributed by atoms with van der Waals surface area (Å²) in [6.45, 7) is 0.468. The Labute approximate surface area is 153 Å². The van der Waals surface area contributed by atoms with Crippen LogP contribution in [0.15, 0.2) is 45.1 Å². The maximum atomic E-state index is 12.2. The van der Waals surface area contributed by atoms with Crippen LogP contribution in [0.1, 0.15) is 11.3 Å². The molecule has 0 spiro atoms. The van der Waals surface area contributed by atoms with Crippen molar-refractivity contribution in [3.63, 3.8) is 0 Å². The lowest BCUT2D eigenvalue weighted by Crippen LogP contribution is -2.27. The van der Waals surface area contributed by atoms with Gasteiger partial charge in [-0.2, -0.15) is 0 Å². The number of halogens is 2. The zero-order valence-electron chi connectivity index (χ0n) is 12.3. The minimum atomic E-state index is -3.49. The van der Waals surface area contributed by atoms with Gasteiger partial charge in [-0.1, -0.05) is 11.6 Å². The predicted octanol–water partition coefficient (Wildman–Crippen LogP) is 3.99. The SMILES string of the molecule is CN(Cc1cc(Br)cs1)C(=O)CCS(=O)(=O)c1ccc(Cl)cc1. The number of hydrogen-bond acceptors (Lipinski definition) is 4. The summed E-state index contributed by atoms with van der Waals surface area (Å²) in [5.74, 6) is -0.418. The van der Waals surface area contributed by atoms with Crippen molar-refractivity contribution in [2.45, 2.75) is 17.9 Å². The molecule has 1 aromatic heterocycles. The molecule has 1 heterocycles. The van der Waals surface area contributed by atoms with E-state index in [4.69, 9.17) is 11.6 Å². The second-order valence-corrected chi connectivity index (χ2v) is 9.46. The highest BCUT2D eigenvalue weighted by atomic mass is 79.9. The van der Waals surface area contributed by atoms with Gasteiger partial charge in [-0.3, -0.25) is 4.79 Å². The highest BCUT2D eigenvalue weighted by molar-refractivity contribution is 9.10. The van der Waals surface area contributed by atoms with E-state index in [9.17, 15) is 13.2 Å². The maximum Gasteiger partial charge on any atom is 0.223 e. The molecule has 0 aliphatic heterocycles. The van der Waals surface area contributed by atoms with Crippen LogP contribution < -0.4 is 0 Å². The first-order valence-corrected chi connectivity index (χ1v) is 10.4. The lowest BCUT2D eigenvalue weighted by Gasteiger charge is -2.16. The van der Waals surface area contributed by atoms with Crippen molar-refractivity contribution in [1.82, 2.24) is 4.90 Å². The van der Waals surface area contributed by atoms with Gasteiger partial charge in [0.25, 0.3) is 0 Å². The summed E-state index contributed by atoms with van der Waals surface area (Å²) in [6, 6.07) is 7.90. The predicted molar refractivity (Wildman–Crippen MR) is 96.6 cm³/mol. The quantitative estimate of drug-likeness (QED) is 0.688. The topological polar surface area (TPSA) is 54.5 Å². The second-order valence-electron chi connectivity index (χ2n) is 5.00. The summed E-state index contributed by atoms with van der Waals surface area (Å²) in [7, 11) is -1.81. The van der Waals surface area contributed by atoms with Gasteiger partial charge in [0.15, 0.2) is 9.84 Å².